The van der Waals surface area contributed by atoms with Crippen LogP contribution in [0.4, 0.5) is 13.2 Å². The van der Waals surface area contributed by atoms with Gasteiger partial charge in [-0.15, -0.1) is 0 Å². The van der Waals surface area contributed by atoms with Crippen LogP contribution in [0.1, 0.15) is 32.1 Å². The molecule has 0 saturated heterocycles. The summed E-state index contributed by atoms with van der Waals surface area (Å²) in [6.45, 7) is 3.32. The van der Waals surface area contributed by atoms with E-state index in [4.69, 9.17) is 9.26 Å². The number of hydrogen-bond donors (Lipinski definition) is 0. The molecule has 0 aliphatic rings. The quantitative estimate of drug-likeness (QED) is 0.393. The molecular weight excluding hydrogens is 371 g/mol. The second-order valence-corrected chi connectivity index (χ2v) is 7.29. The van der Waals surface area contributed by atoms with E-state index in [1.165, 1.54) is 31.2 Å². The summed E-state index contributed by atoms with van der Waals surface area (Å²) in [5, 5.41) is 0.0594. The van der Waals surface area contributed by atoms with E-state index in [0.717, 1.165) is 0 Å². The molecule has 0 N–H and O–H groups in total. The third-order valence-electron chi connectivity index (χ3n) is 3.56. The Balaban J connectivity index is 0.00000364. The second kappa shape index (κ2) is 10.9. The number of benzene rings is 2. The van der Waals surface area contributed by atoms with Crippen molar-refractivity contribution in [3.8, 4) is 5.75 Å². The summed E-state index contributed by atoms with van der Waals surface area (Å²) in [5.41, 5.74) is 0.535. The number of ketones is 1. The van der Waals surface area contributed by atoms with E-state index in [-0.39, 0.29) is 38.0 Å². The number of carbonyl (C=O) groups excluding carboxylic acids is 1. The fourth-order valence-electron chi connectivity index (χ4n) is 2.36. The number of alkyl halides is 3. The molecule has 0 bridgehead atoms. The van der Waals surface area contributed by atoms with Crippen LogP contribution in [0.2, 0.25) is 0 Å². The molecule has 0 aliphatic heterocycles. The zero-order valence-electron chi connectivity index (χ0n) is 16.5. The SMILES string of the molecule is CCOP(c1ccc(OC(CC)C(=O)c2ccccc2)cc1)C(F)(F)F.[H-].[Li+]. The Bertz CT molecular complexity index is 715. The van der Waals surface area contributed by atoms with Crippen molar-refractivity contribution >= 4 is 19.2 Å². The van der Waals surface area contributed by atoms with Crippen molar-refractivity contribution in [3.05, 3.63) is 60.2 Å². The third-order valence-corrected chi connectivity index (χ3v) is 5.30. The fraction of sp³-hybridized carbons (Fsp3) is 0.316. The Kier molecular flexibility index (Phi) is 9.56. The molecule has 142 valence electrons. The van der Waals surface area contributed by atoms with Crippen molar-refractivity contribution in [2.24, 2.45) is 0 Å². The molecule has 0 amide bonds. The molecule has 0 spiro atoms. The normalized spacial score (nSPS) is 13.4. The molecule has 0 aliphatic carbocycles. The maximum Gasteiger partial charge on any atom is 1.00 e. The average molecular weight is 392 g/mol. The van der Waals surface area contributed by atoms with E-state index in [2.05, 4.69) is 0 Å². The minimum absolute atomic E-state index is 0. The summed E-state index contributed by atoms with van der Waals surface area (Å²) in [5.74, 6) is -4.24. The van der Waals surface area contributed by atoms with Gasteiger partial charge in [0.15, 0.2) is 14.3 Å². The molecule has 2 unspecified atom stereocenters. The molecule has 0 fully saturated rings. The molecule has 2 aromatic rings. The molecule has 8 heteroatoms. The summed E-state index contributed by atoms with van der Waals surface area (Å²) >= 11 is 0. The second-order valence-electron chi connectivity index (χ2n) is 5.42. The van der Waals surface area contributed by atoms with Crippen LogP contribution in [-0.2, 0) is 4.52 Å². The predicted octanol–water partition coefficient (Wildman–Crippen LogP) is 2.42. The summed E-state index contributed by atoms with van der Waals surface area (Å²) < 4.78 is 49.8. The molecule has 2 aromatic carbocycles. The largest absolute Gasteiger partial charge is 1.00 e. The first-order valence-corrected chi connectivity index (χ1v) is 9.48. The fourth-order valence-corrected chi connectivity index (χ4v) is 3.62. The Hall–Kier alpha value is -1.31. The zero-order valence-corrected chi connectivity index (χ0v) is 16.4. The molecule has 3 nitrogen and oxygen atoms in total. The molecule has 0 saturated carbocycles. The van der Waals surface area contributed by atoms with E-state index in [1.54, 1.807) is 24.3 Å². The summed E-state index contributed by atoms with van der Waals surface area (Å²) in [6, 6.07) is 14.3. The van der Waals surface area contributed by atoms with Crippen LogP contribution < -0.4 is 28.9 Å². The standard InChI is InChI=1S/C19H20F3O3P.Li.H/c1-3-17(18(23)14-8-6-5-7-9-14)25-15-10-12-16(13-11-15)26(24-4-2)19(20,21)22;;/h5-13,17H,3-4H2,1-2H3;;/q;+1;-1. The summed E-state index contributed by atoms with van der Waals surface area (Å²) in [7, 11) is -2.70. The number of halogens is 3. The first-order chi connectivity index (χ1) is 12.4. The first kappa shape index (κ1) is 23.7. The van der Waals surface area contributed by atoms with Gasteiger partial charge in [-0.3, -0.25) is 4.79 Å². The van der Waals surface area contributed by atoms with Crippen LogP contribution in [0.3, 0.4) is 0 Å². The van der Waals surface area contributed by atoms with E-state index in [0.29, 0.717) is 17.7 Å². The van der Waals surface area contributed by atoms with Gasteiger partial charge >= 0.3 is 24.8 Å². The van der Waals surface area contributed by atoms with Crippen molar-refractivity contribution in [1.29, 1.82) is 0 Å². The van der Waals surface area contributed by atoms with Gasteiger partial charge in [0.1, 0.15) is 5.75 Å². The monoisotopic (exact) mass is 392 g/mol. The maximum absolute atomic E-state index is 13.1. The van der Waals surface area contributed by atoms with Crippen LogP contribution in [0, 0.1) is 0 Å². The van der Waals surface area contributed by atoms with E-state index in [9.17, 15) is 18.0 Å². The van der Waals surface area contributed by atoms with Gasteiger partial charge in [-0.1, -0.05) is 37.3 Å². The van der Waals surface area contributed by atoms with Crippen LogP contribution in [0.25, 0.3) is 0 Å². The molecule has 2 rings (SSSR count). The van der Waals surface area contributed by atoms with Gasteiger partial charge < -0.3 is 10.7 Å². The van der Waals surface area contributed by atoms with Crippen molar-refractivity contribution < 1.29 is 47.5 Å². The Labute approximate surface area is 171 Å². The van der Waals surface area contributed by atoms with Crippen LogP contribution in [0.15, 0.2) is 54.6 Å². The molecule has 0 heterocycles. The Morgan fingerprint density at radius 1 is 1.07 bits per heavy atom. The minimum Gasteiger partial charge on any atom is -1.00 e. The molecule has 0 radical (unpaired) electrons. The molecule has 0 aromatic heterocycles. The summed E-state index contributed by atoms with van der Waals surface area (Å²) in [6.07, 6.45) is -0.247. The van der Waals surface area contributed by atoms with Gasteiger partial charge in [-0.05, 0) is 37.6 Å². The molecule has 2 atom stereocenters. The van der Waals surface area contributed by atoms with Gasteiger partial charge in [0.05, 0.1) is 0 Å². The Morgan fingerprint density at radius 2 is 1.67 bits per heavy atom. The maximum atomic E-state index is 13.1. The Morgan fingerprint density at radius 3 is 2.15 bits per heavy atom. The van der Waals surface area contributed by atoms with E-state index in [1.807, 2.05) is 13.0 Å². The van der Waals surface area contributed by atoms with Crippen molar-refractivity contribution in [2.45, 2.75) is 32.3 Å². The van der Waals surface area contributed by atoms with Crippen molar-refractivity contribution in [2.75, 3.05) is 6.61 Å². The molecular formula is C19H21F3LiO3P. The smallest absolute Gasteiger partial charge is 1.00 e. The van der Waals surface area contributed by atoms with E-state index < -0.39 is 20.2 Å². The number of rotatable bonds is 8. The molecule has 27 heavy (non-hydrogen) atoms. The zero-order chi connectivity index (χ0) is 19.2. The number of hydrogen-bond acceptors (Lipinski definition) is 3. The topological polar surface area (TPSA) is 35.5 Å². The van der Waals surface area contributed by atoms with Gasteiger partial charge in [0.2, 0.25) is 5.78 Å². The van der Waals surface area contributed by atoms with Crippen molar-refractivity contribution in [1.82, 2.24) is 0 Å². The van der Waals surface area contributed by atoms with E-state index >= 15 is 0 Å². The number of ether oxygens (including phenoxy) is 1. The average Bonchev–Trinajstić information content (AvgIpc) is 2.64. The predicted molar refractivity (Wildman–Crippen MR) is 97.3 cm³/mol. The van der Waals surface area contributed by atoms with Gasteiger partial charge in [-0.25, -0.2) is 0 Å². The number of carbonyl (C=O) groups is 1. The summed E-state index contributed by atoms with van der Waals surface area (Å²) in [4.78, 5) is 12.5. The third kappa shape index (κ3) is 6.66. The van der Waals surface area contributed by atoms with Gasteiger partial charge in [0.25, 0.3) is 0 Å². The van der Waals surface area contributed by atoms with Crippen LogP contribution >= 0.6 is 8.15 Å². The van der Waals surface area contributed by atoms with Gasteiger partial charge in [0, 0.05) is 17.5 Å². The van der Waals surface area contributed by atoms with Crippen LogP contribution in [-0.4, -0.2) is 24.4 Å². The number of Topliss-reactive ketones (excluding diaryl/α,β-unsaturated/α-hetero) is 1. The van der Waals surface area contributed by atoms with Crippen LogP contribution in [0.5, 0.6) is 5.75 Å². The first-order valence-electron chi connectivity index (χ1n) is 8.22. The van der Waals surface area contributed by atoms with Gasteiger partial charge in [-0.2, -0.15) is 13.2 Å². The minimum atomic E-state index is -4.43. The van der Waals surface area contributed by atoms with Crippen molar-refractivity contribution in [3.63, 3.8) is 0 Å².